The van der Waals surface area contributed by atoms with Crippen molar-refractivity contribution in [1.29, 1.82) is 0 Å². The lowest BCUT2D eigenvalue weighted by Gasteiger charge is -2.11. The van der Waals surface area contributed by atoms with E-state index in [-0.39, 0.29) is 22.3 Å². The second kappa shape index (κ2) is 4.01. The van der Waals surface area contributed by atoms with Crippen LogP contribution in [0.2, 0.25) is 0 Å². The van der Waals surface area contributed by atoms with Crippen molar-refractivity contribution in [2.24, 2.45) is 5.14 Å². The van der Waals surface area contributed by atoms with Crippen molar-refractivity contribution in [3.8, 4) is 5.75 Å². The average Bonchev–Trinajstić information content (AvgIpc) is 3.00. The maximum absolute atomic E-state index is 11.3. The van der Waals surface area contributed by atoms with E-state index >= 15 is 0 Å². The van der Waals surface area contributed by atoms with Gasteiger partial charge in [-0.3, -0.25) is 0 Å². The van der Waals surface area contributed by atoms with Gasteiger partial charge in [-0.1, -0.05) is 6.07 Å². The first kappa shape index (κ1) is 11.9. The second-order valence-corrected chi connectivity index (χ2v) is 5.33. The molecule has 3 N–H and O–H groups in total. The van der Waals surface area contributed by atoms with E-state index in [0.717, 1.165) is 12.8 Å². The van der Waals surface area contributed by atoms with E-state index < -0.39 is 16.0 Å². The highest BCUT2D eigenvalue weighted by Gasteiger charge is 2.29. The largest absolute Gasteiger partial charge is 0.488 e. The zero-order valence-electron chi connectivity index (χ0n) is 8.79. The number of rotatable bonds is 4. The lowest BCUT2D eigenvalue weighted by atomic mass is 10.2. The summed E-state index contributed by atoms with van der Waals surface area (Å²) >= 11 is 0. The van der Waals surface area contributed by atoms with Gasteiger partial charge in [-0.05, 0) is 25.0 Å². The molecule has 1 aliphatic carbocycles. The molecule has 0 atom stereocenters. The van der Waals surface area contributed by atoms with Crippen molar-refractivity contribution in [1.82, 2.24) is 0 Å². The van der Waals surface area contributed by atoms with E-state index in [2.05, 4.69) is 0 Å². The molecule has 1 aromatic rings. The standard InChI is InChI=1S/C10H11NO5S/c11-17(14,15)8-3-1-2-7(10(12)13)9(8)16-6-4-5-6/h1-3,6H,4-5H2,(H,12,13)(H2,11,14,15). The van der Waals surface area contributed by atoms with Gasteiger partial charge in [0.1, 0.15) is 10.5 Å². The number of benzene rings is 1. The van der Waals surface area contributed by atoms with Gasteiger partial charge in [-0.2, -0.15) is 0 Å². The van der Waals surface area contributed by atoms with Gasteiger partial charge in [0, 0.05) is 0 Å². The molecule has 2 rings (SSSR count). The monoisotopic (exact) mass is 257 g/mol. The number of carbonyl (C=O) groups is 1. The number of sulfonamides is 1. The second-order valence-electron chi connectivity index (χ2n) is 3.80. The molecule has 92 valence electrons. The maximum atomic E-state index is 11.3. The molecule has 1 fully saturated rings. The highest BCUT2D eigenvalue weighted by atomic mass is 32.2. The summed E-state index contributed by atoms with van der Waals surface area (Å²) in [5.74, 6) is -1.41. The Morgan fingerprint density at radius 2 is 2.06 bits per heavy atom. The van der Waals surface area contributed by atoms with Crippen LogP contribution < -0.4 is 9.88 Å². The SMILES string of the molecule is NS(=O)(=O)c1cccc(C(=O)O)c1OC1CC1. The molecule has 0 unspecified atom stereocenters. The zero-order valence-corrected chi connectivity index (χ0v) is 9.61. The van der Waals surface area contributed by atoms with Gasteiger partial charge in [0.15, 0.2) is 5.75 Å². The Hall–Kier alpha value is -1.60. The number of primary sulfonamides is 1. The Balaban J connectivity index is 2.57. The van der Waals surface area contributed by atoms with Crippen LogP contribution in [0.25, 0.3) is 0 Å². The number of hydrogen-bond acceptors (Lipinski definition) is 4. The molecule has 0 saturated heterocycles. The summed E-state index contributed by atoms with van der Waals surface area (Å²) in [5, 5.41) is 14.0. The highest BCUT2D eigenvalue weighted by Crippen LogP contribution is 2.33. The van der Waals surface area contributed by atoms with Gasteiger partial charge >= 0.3 is 5.97 Å². The molecule has 6 nitrogen and oxygen atoms in total. The first-order valence-corrected chi connectivity index (χ1v) is 6.50. The van der Waals surface area contributed by atoms with Crippen LogP contribution in [0, 0.1) is 0 Å². The third-order valence-electron chi connectivity index (χ3n) is 2.32. The highest BCUT2D eigenvalue weighted by molar-refractivity contribution is 7.89. The minimum Gasteiger partial charge on any atom is -0.488 e. The third kappa shape index (κ3) is 2.56. The van der Waals surface area contributed by atoms with Crippen LogP contribution in [0.3, 0.4) is 0 Å². The van der Waals surface area contributed by atoms with E-state index in [4.69, 9.17) is 15.0 Å². The van der Waals surface area contributed by atoms with Crippen LogP contribution in [0.4, 0.5) is 0 Å². The van der Waals surface area contributed by atoms with Crippen molar-refractivity contribution >= 4 is 16.0 Å². The number of hydrogen-bond donors (Lipinski definition) is 2. The Morgan fingerprint density at radius 1 is 1.41 bits per heavy atom. The number of carboxylic acid groups (broad SMARTS) is 1. The Morgan fingerprint density at radius 3 is 2.53 bits per heavy atom. The minimum atomic E-state index is -4.00. The maximum Gasteiger partial charge on any atom is 0.339 e. The summed E-state index contributed by atoms with van der Waals surface area (Å²) in [6, 6.07) is 3.84. The molecule has 0 aliphatic heterocycles. The Kier molecular flexibility index (Phi) is 2.80. The lowest BCUT2D eigenvalue weighted by Crippen LogP contribution is -2.16. The molecule has 7 heteroatoms. The summed E-state index contributed by atoms with van der Waals surface area (Å²) in [6.07, 6.45) is 1.46. The van der Waals surface area contributed by atoms with E-state index in [1.165, 1.54) is 18.2 Å². The van der Waals surface area contributed by atoms with Crippen LogP contribution in [-0.4, -0.2) is 25.6 Å². The molecule has 1 aromatic carbocycles. The molecule has 0 amide bonds. The van der Waals surface area contributed by atoms with Crippen LogP contribution >= 0.6 is 0 Å². The summed E-state index contributed by atoms with van der Waals surface area (Å²) in [7, 11) is -4.00. The van der Waals surface area contributed by atoms with Crippen LogP contribution in [-0.2, 0) is 10.0 Å². The van der Waals surface area contributed by atoms with E-state index in [9.17, 15) is 13.2 Å². The van der Waals surface area contributed by atoms with Gasteiger partial charge in [-0.25, -0.2) is 18.4 Å². The molecule has 1 saturated carbocycles. The van der Waals surface area contributed by atoms with Crippen LogP contribution in [0.1, 0.15) is 23.2 Å². The number of ether oxygens (including phenoxy) is 1. The van der Waals surface area contributed by atoms with E-state index in [0.29, 0.717) is 0 Å². The van der Waals surface area contributed by atoms with Gasteiger partial charge in [0.2, 0.25) is 10.0 Å². The molecule has 1 aliphatic rings. The topological polar surface area (TPSA) is 107 Å². The smallest absolute Gasteiger partial charge is 0.339 e. The van der Waals surface area contributed by atoms with Crippen molar-refractivity contribution in [3.63, 3.8) is 0 Å². The van der Waals surface area contributed by atoms with E-state index in [1.807, 2.05) is 0 Å². The first-order valence-electron chi connectivity index (χ1n) is 4.95. The number of para-hydroxylation sites is 1. The van der Waals surface area contributed by atoms with Gasteiger partial charge in [-0.15, -0.1) is 0 Å². The average molecular weight is 257 g/mol. The molecule has 0 spiro atoms. The van der Waals surface area contributed by atoms with Crippen molar-refractivity contribution in [3.05, 3.63) is 23.8 Å². The lowest BCUT2D eigenvalue weighted by molar-refractivity contribution is 0.0691. The van der Waals surface area contributed by atoms with Crippen molar-refractivity contribution < 1.29 is 23.1 Å². The molecular formula is C10H11NO5S. The van der Waals surface area contributed by atoms with Gasteiger partial charge in [0.05, 0.1) is 6.10 Å². The van der Waals surface area contributed by atoms with Crippen LogP contribution in [0.15, 0.2) is 23.1 Å². The fourth-order valence-electron chi connectivity index (χ4n) is 1.38. The number of aromatic carboxylic acids is 1. The minimum absolute atomic E-state index is 0.115. The quantitative estimate of drug-likeness (QED) is 0.820. The Labute approximate surface area is 98.1 Å². The normalized spacial score (nSPS) is 15.6. The van der Waals surface area contributed by atoms with Gasteiger partial charge < -0.3 is 9.84 Å². The fraction of sp³-hybridized carbons (Fsp3) is 0.300. The number of carboxylic acids is 1. The zero-order chi connectivity index (χ0) is 12.6. The molecule has 0 heterocycles. The molecule has 17 heavy (non-hydrogen) atoms. The predicted molar refractivity (Wildman–Crippen MR) is 58.4 cm³/mol. The predicted octanol–water partition coefficient (Wildman–Crippen LogP) is 0.573. The van der Waals surface area contributed by atoms with Gasteiger partial charge in [0.25, 0.3) is 0 Å². The molecule has 0 aromatic heterocycles. The van der Waals surface area contributed by atoms with Crippen molar-refractivity contribution in [2.75, 3.05) is 0 Å². The summed E-state index contributed by atoms with van der Waals surface area (Å²) < 4.78 is 28.0. The summed E-state index contributed by atoms with van der Waals surface area (Å²) in [4.78, 5) is 10.7. The molecule has 0 bridgehead atoms. The number of nitrogens with two attached hydrogens (primary N) is 1. The van der Waals surface area contributed by atoms with Crippen LogP contribution in [0.5, 0.6) is 5.75 Å². The van der Waals surface area contributed by atoms with E-state index in [1.54, 1.807) is 0 Å². The first-order chi connectivity index (χ1) is 7.89. The fourth-order valence-corrected chi connectivity index (χ4v) is 2.07. The molecular weight excluding hydrogens is 246 g/mol. The van der Waals surface area contributed by atoms with Crippen molar-refractivity contribution in [2.45, 2.75) is 23.8 Å². The third-order valence-corrected chi connectivity index (χ3v) is 3.26. The Bertz CT molecular complexity index is 562. The summed E-state index contributed by atoms with van der Waals surface area (Å²) in [5.41, 5.74) is -0.191. The molecule has 0 radical (unpaired) electrons. The summed E-state index contributed by atoms with van der Waals surface area (Å²) in [6.45, 7) is 0.